The van der Waals surface area contributed by atoms with E-state index in [2.05, 4.69) is 20.8 Å². The zero-order valence-corrected chi connectivity index (χ0v) is 8.11. The maximum Gasteiger partial charge on any atom is -0.00152 e. The topological polar surface area (TPSA) is 26.0 Å². The molecule has 1 aliphatic rings. The molecule has 0 spiro atoms. The number of hydrogen-bond donors (Lipinski definition) is 1. The van der Waals surface area contributed by atoms with Crippen molar-refractivity contribution in [3.63, 3.8) is 0 Å². The van der Waals surface area contributed by atoms with E-state index < -0.39 is 0 Å². The van der Waals surface area contributed by atoms with Gasteiger partial charge in [0, 0.05) is 0 Å². The SMILES string of the molecule is CCCCC1(CN)CC1(C)C. The van der Waals surface area contributed by atoms with Crippen molar-refractivity contribution < 1.29 is 0 Å². The number of unbranched alkanes of at least 4 members (excludes halogenated alkanes) is 1. The molecule has 1 nitrogen and oxygen atoms in total. The van der Waals surface area contributed by atoms with Crippen molar-refractivity contribution in [1.82, 2.24) is 0 Å². The molecule has 1 aliphatic carbocycles. The third-order valence-electron chi connectivity index (χ3n) is 3.49. The molecule has 0 aromatic carbocycles. The Balaban J connectivity index is 2.40. The first-order valence-corrected chi connectivity index (χ1v) is 4.78. The molecule has 1 atom stereocenters. The summed E-state index contributed by atoms with van der Waals surface area (Å²) in [4.78, 5) is 0. The summed E-state index contributed by atoms with van der Waals surface area (Å²) in [6, 6.07) is 0. The van der Waals surface area contributed by atoms with Gasteiger partial charge >= 0.3 is 0 Å². The van der Waals surface area contributed by atoms with E-state index in [9.17, 15) is 0 Å². The molecule has 1 fully saturated rings. The third kappa shape index (κ3) is 1.44. The van der Waals surface area contributed by atoms with Gasteiger partial charge in [-0.05, 0) is 30.2 Å². The zero-order valence-electron chi connectivity index (χ0n) is 8.11. The minimum Gasteiger partial charge on any atom is -0.330 e. The summed E-state index contributed by atoms with van der Waals surface area (Å²) in [7, 11) is 0. The van der Waals surface area contributed by atoms with Crippen LogP contribution in [-0.2, 0) is 0 Å². The van der Waals surface area contributed by atoms with Crippen LogP contribution in [0, 0.1) is 10.8 Å². The highest BCUT2D eigenvalue weighted by Gasteiger charge is 2.58. The maximum absolute atomic E-state index is 5.79. The molecule has 0 bridgehead atoms. The fourth-order valence-electron chi connectivity index (χ4n) is 2.19. The molecule has 0 heterocycles. The van der Waals surface area contributed by atoms with Crippen LogP contribution in [0.1, 0.15) is 46.5 Å². The monoisotopic (exact) mass is 155 g/mol. The van der Waals surface area contributed by atoms with E-state index in [0.717, 1.165) is 6.54 Å². The summed E-state index contributed by atoms with van der Waals surface area (Å²) in [5, 5.41) is 0. The largest absolute Gasteiger partial charge is 0.330 e. The van der Waals surface area contributed by atoms with Crippen LogP contribution in [0.4, 0.5) is 0 Å². The summed E-state index contributed by atoms with van der Waals surface area (Å²) in [6.45, 7) is 7.82. The van der Waals surface area contributed by atoms with Crippen LogP contribution in [0.5, 0.6) is 0 Å². The van der Waals surface area contributed by atoms with Crippen molar-refractivity contribution in [3.8, 4) is 0 Å². The first kappa shape index (κ1) is 9.05. The molecule has 0 saturated heterocycles. The van der Waals surface area contributed by atoms with E-state index in [0.29, 0.717) is 10.8 Å². The highest BCUT2D eigenvalue weighted by molar-refractivity contribution is 5.09. The normalized spacial score (nSPS) is 33.8. The molecule has 0 radical (unpaired) electrons. The Hall–Kier alpha value is -0.0400. The summed E-state index contributed by atoms with van der Waals surface area (Å²) < 4.78 is 0. The first-order chi connectivity index (χ1) is 5.08. The average molecular weight is 155 g/mol. The standard InChI is InChI=1S/C10H21N/c1-4-5-6-10(8-11)7-9(10,2)3/h4-8,11H2,1-3H3. The van der Waals surface area contributed by atoms with Crippen molar-refractivity contribution in [2.24, 2.45) is 16.6 Å². The van der Waals surface area contributed by atoms with Gasteiger partial charge in [-0.2, -0.15) is 0 Å². The van der Waals surface area contributed by atoms with Gasteiger partial charge < -0.3 is 5.73 Å². The van der Waals surface area contributed by atoms with E-state index in [4.69, 9.17) is 5.73 Å². The number of nitrogens with two attached hydrogens (primary N) is 1. The molecule has 11 heavy (non-hydrogen) atoms. The van der Waals surface area contributed by atoms with Gasteiger partial charge in [0.15, 0.2) is 0 Å². The lowest BCUT2D eigenvalue weighted by molar-refractivity contribution is 0.354. The second-order valence-corrected chi connectivity index (χ2v) is 4.65. The van der Waals surface area contributed by atoms with Crippen molar-refractivity contribution in [2.45, 2.75) is 46.5 Å². The second kappa shape index (κ2) is 2.78. The predicted molar refractivity (Wildman–Crippen MR) is 49.4 cm³/mol. The molecule has 0 aromatic heterocycles. The van der Waals surface area contributed by atoms with Gasteiger partial charge in [0.05, 0.1) is 0 Å². The van der Waals surface area contributed by atoms with Crippen LogP contribution >= 0.6 is 0 Å². The van der Waals surface area contributed by atoms with Gasteiger partial charge in [0.25, 0.3) is 0 Å². The lowest BCUT2D eigenvalue weighted by Gasteiger charge is -2.17. The van der Waals surface area contributed by atoms with E-state index in [1.165, 1.54) is 25.7 Å². The molecule has 66 valence electrons. The van der Waals surface area contributed by atoms with Crippen LogP contribution in [0.15, 0.2) is 0 Å². The summed E-state index contributed by atoms with van der Waals surface area (Å²) in [6.07, 6.45) is 5.34. The van der Waals surface area contributed by atoms with E-state index in [1.807, 2.05) is 0 Å². The molecule has 1 unspecified atom stereocenters. The highest BCUT2D eigenvalue weighted by Crippen LogP contribution is 2.65. The molecular formula is C10H21N. The van der Waals surface area contributed by atoms with Gasteiger partial charge in [-0.3, -0.25) is 0 Å². The molecule has 0 aromatic rings. The predicted octanol–water partition coefficient (Wildman–Crippen LogP) is 2.55. The number of hydrogen-bond acceptors (Lipinski definition) is 1. The van der Waals surface area contributed by atoms with Crippen molar-refractivity contribution in [3.05, 3.63) is 0 Å². The van der Waals surface area contributed by atoms with E-state index in [-0.39, 0.29) is 0 Å². The maximum atomic E-state index is 5.79. The van der Waals surface area contributed by atoms with Gasteiger partial charge in [-0.15, -0.1) is 0 Å². The highest BCUT2D eigenvalue weighted by atomic mass is 14.7. The van der Waals surface area contributed by atoms with Crippen LogP contribution < -0.4 is 5.73 Å². The molecule has 0 amide bonds. The molecule has 1 rings (SSSR count). The minimum atomic E-state index is 0.517. The lowest BCUT2D eigenvalue weighted by atomic mass is 9.90. The molecular weight excluding hydrogens is 134 g/mol. The van der Waals surface area contributed by atoms with Crippen LogP contribution in [0.3, 0.4) is 0 Å². The summed E-state index contributed by atoms with van der Waals surface area (Å²) >= 11 is 0. The Morgan fingerprint density at radius 3 is 2.18 bits per heavy atom. The lowest BCUT2D eigenvalue weighted by Crippen LogP contribution is -2.20. The van der Waals surface area contributed by atoms with Gasteiger partial charge in [-0.25, -0.2) is 0 Å². The Bertz CT molecular complexity index is 140. The second-order valence-electron chi connectivity index (χ2n) is 4.65. The third-order valence-corrected chi connectivity index (χ3v) is 3.49. The van der Waals surface area contributed by atoms with E-state index in [1.54, 1.807) is 0 Å². The fourth-order valence-corrected chi connectivity index (χ4v) is 2.19. The van der Waals surface area contributed by atoms with Crippen molar-refractivity contribution in [1.29, 1.82) is 0 Å². The first-order valence-electron chi connectivity index (χ1n) is 4.78. The summed E-state index contributed by atoms with van der Waals surface area (Å²) in [5.41, 5.74) is 6.84. The molecule has 0 aliphatic heterocycles. The van der Waals surface area contributed by atoms with Gasteiger partial charge in [-0.1, -0.05) is 33.6 Å². The zero-order chi connectivity index (χ0) is 8.54. The molecule has 1 heteroatoms. The van der Waals surface area contributed by atoms with Crippen molar-refractivity contribution in [2.75, 3.05) is 6.54 Å². The van der Waals surface area contributed by atoms with Gasteiger partial charge in [0.2, 0.25) is 0 Å². The van der Waals surface area contributed by atoms with Crippen molar-refractivity contribution >= 4 is 0 Å². The molecule has 2 N–H and O–H groups in total. The quantitative estimate of drug-likeness (QED) is 0.663. The van der Waals surface area contributed by atoms with Crippen LogP contribution in [0.25, 0.3) is 0 Å². The van der Waals surface area contributed by atoms with Crippen LogP contribution in [-0.4, -0.2) is 6.54 Å². The Kier molecular flexibility index (Phi) is 2.29. The average Bonchev–Trinajstić information content (AvgIpc) is 2.50. The smallest absolute Gasteiger partial charge is 0.00152 e. The summed E-state index contributed by atoms with van der Waals surface area (Å²) in [5.74, 6) is 0. The Labute approximate surface area is 70.4 Å². The van der Waals surface area contributed by atoms with Crippen LogP contribution in [0.2, 0.25) is 0 Å². The minimum absolute atomic E-state index is 0.517. The number of rotatable bonds is 4. The molecule has 1 saturated carbocycles. The Morgan fingerprint density at radius 2 is 1.91 bits per heavy atom. The van der Waals surface area contributed by atoms with Gasteiger partial charge in [0.1, 0.15) is 0 Å². The fraction of sp³-hybridized carbons (Fsp3) is 1.00. The van der Waals surface area contributed by atoms with E-state index >= 15 is 0 Å². The Morgan fingerprint density at radius 1 is 1.36 bits per heavy atom.